The molecule has 1 unspecified atom stereocenters. The van der Waals surface area contributed by atoms with E-state index in [-0.39, 0.29) is 5.56 Å². The third kappa shape index (κ3) is 3.84. The molecular weight excluding hydrogens is 334 g/mol. The highest BCUT2D eigenvalue weighted by atomic mass is 16.4. The van der Waals surface area contributed by atoms with E-state index < -0.39 is 40.8 Å². The third-order valence-electron chi connectivity index (χ3n) is 5.11. The van der Waals surface area contributed by atoms with E-state index in [0.29, 0.717) is 12.8 Å². The lowest BCUT2D eigenvalue weighted by molar-refractivity contribution is -0.156. The monoisotopic (exact) mass is 359 g/mol. The van der Waals surface area contributed by atoms with Crippen molar-refractivity contribution in [3.63, 3.8) is 0 Å². The molecule has 0 saturated heterocycles. The maximum Gasteiger partial charge on any atom is 0.338 e. The number of hydrogen-bond acceptors (Lipinski definition) is 4. The van der Waals surface area contributed by atoms with Crippen LogP contribution in [0.2, 0.25) is 0 Å². The predicted octanol–water partition coefficient (Wildman–Crippen LogP) is 2.61. The van der Waals surface area contributed by atoms with Gasteiger partial charge in [0.1, 0.15) is 0 Å². The van der Waals surface area contributed by atoms with Crippen LogP contribution in [-0.2, 0) is 14.4 Å². The number of nitrogens with one attached hydrogen (secondary N) is 1. The summed E-state index contributed by atoms with van der Waals surface area (Å²) in [5.41, 5.74) is -2.03. The first kappa shape index (κ1) is 19.8. The molecule has 1 amide bonds. The van der Waals surface area contributed by atoms with Gasteiger partial charge in [0.2, 0.25) is 17.1 Å². The Hall–Kier alpha value is -2.50. The van der Waals surface area contributed by atoms with Crippen molar-refractivity contribution in [1.82, 2.24) is 5.32 Å². The standard InChI is InChI=1S/C20H25NO5/c1-13(2)20(19(25)26,21-18(24)15-11-7-4-8-12-15)17(23)16(22)14-9-5-3-6-10-14/h4,7-8,11-14H,3,5-6,9-10H2,1-2H3,(H,21,24)(H,25,26). The highest BCUT2D eigenvalue weighted by molar-refractivity contribution is 6.45. The molecule has 2 rings (SSSR count). The van der Waals surface area contributed by atoms with Crippen molar-refractivity contribution < 1.29 is 24.3 Å². The number of Topliss-reactive ketones (excluding diaryl/α,β-unsaturated/α-hetero) is 2. The average Bonchev–Trinajstić information content (AvgIpc) is 2.65. The Morgan fingerprint density at radius 3 is 2.12 bits per heavy atom. The van der Waals surface area contributed by atoms with E-state index in [1.165, 1.54) is 26.0 Å². The molecule has 2 N–H and O–H groups in total. The molecule has 1 atom stereocenters. The van der Waals surface area contributed by atoms with Crippen LogP contribution in [0.1, 0.15) is 56.3 Å². The van der Waals surface area contributed by atoms with Crippen LogP contribution in [0.3, 0.4) is 0 Å². The van der Waals surface area contributed by atoms with Crippen LogP contribution in [0.4, 0.5) is 0 Å². The van der Waals surface area contributed by atoms with Gasteiger partial charge in [0, 0.05) is 11.5 Å². The molecule has 6 nitrogen and oxygen atoms in total. The molecule has 140 valence electrons. The molecule has 0 spiro atoms. The minimum absolute atomic E-state index is 0.233. The van der Waals surface area contributed by atoms with Gasteiger partial charge < -0.3 is 10.4 Å². The van der Waals surface area contributed by atoms with Crippen molar-refractivity contribution in [3.8, 4) is 0 Å². The fourth-order valence-corrected chi connectivity index (χ4v) is 3.45. The van der Waals surface area contributed by atoms with Gasteiger partial charge in [0.05, 0.1) is 0 Å². The van der Waals surface area contributed by atoms with Gasteiger partial charge in [-0.2, -0.15) is 0 Å². The summed E-state index contributed by atoms with van der Waals surface area (Å²) >= 11 is 0. The summed E-state index contributed by atoms with van der Waals surface area (Å²) < 4.78 is 0. The SMILES string of the molecule is CC(C)C(NC(=O)c1ccccc1)(C(=O)O)C(=O)C(=O)C1CCCCC1. The van der Waals surface area contributed by atoms with Crippen molar-refractivity contribution in [3.05, 3.63) is 35.9 Å². The average molecular weight is 359 g/mol. The molecule has 1 aromatic carbocycles. The maximum atomic E-state index is 13.0. The van der Waals surface area contributed by atoms with Gasteiger partial charge >= 0.3 is 5.97 Å². The predicted molar refractivity (Wildman–Crippen MR) is 95.7 cm³/mol. The van der Waals surface area contributed by atoms with Crippen LogP contribution in [0.25, 0.3) is 0 Å². The fraction of sp³-hybridized carbons (Fsp3) is 0.500. The summed E-state index contributed by atoms with van der Waals surface area (Å²) in [5.74, 6) is -5.15. The lowest BCUT2D eigenvalue weighted by Gasteiger charge is -2.33. The summed E-state index contributed by atoms with van der Waals surface area (Å²) in [6.45, 7) is 3.04. The highest BCUT2D eigenvalue weighted by Gasteiger charge is 2.53. The Kier molecular flexibility index (Phi) is 6.29. The van der Waals surface area contributed by atoms with E-state index in [2.05, 4.69) is 5.32 Å². The normalized spacial score (nSPS) is 17.3. The topological polar surface area (TPSA) is 101 Å². The van der Waals surface area contributed by atoms with Crippen molar-refractivity contribution in [2.45, 2.75) is 51.5 Å². The van der Waals surface area contributed by atoms with Gasteiger partial charge in [-0.25, -0.2) is 4.79 Å². The number of amides is 1. The number of hydrogen-bond donors (Lipinski definition) is 2. The lowest BCUT2D eigenvalue weighted by Crippen LogP contribution is -2.65. The largest absolute Gasteiger partial charge is 0.479 e. The first-order valence-corrected chi connectivity index (χ1v) is 9.00. The number of carboxylic acids is 1. The number of carboxylic acid groups (broad SMARTS) is 1. The smallest absolute Gasteiger partial charge is 0.338 e. The Morgan fingerprint density at radius 2 is 1.62 bits per heavy atom. The molecule has 6 heteroatoms. The number of carbonyl (C=O) groups is 4. The number of rotatable bonds is 7. The molecule has 1 saturated carbocycles. The zero-order valence-corrected chi connectivity index (χ0v) is 15.2. The maximum absolute atomic E-state index is 13.0. The third-order valence-corrected chi connectivity index (χ3v) is 5.11. The molecule has 0 heterocycles. The van der Waals surface area contributed by atoms with Crippen molar-refractivity contribution in [2.24, 2.45) is 11.8 Å². The van der Waals surface area contributed by atoms with E-state index in [0.717, 1.165) is 19.3 Å². The minimum Gasteiger partial charge on any atom is -0.479 e. The molecule has 1 aliphatic rings. The molecule has 1 aliphatic carbocycles. The molecule has 0 aromatic heterocycles. The molecular formula is C20H25NO5. The van der Waals surface area contributed by atoms with Crippen molar-refractivity contribution >= 4 is 23.4 Å². The first-order chi connectivity index (χ1) is 12.3. The molecule has 1 fully saturated rings. The lowest BCUT2D eigenvalue weighted by atomic mass is 9.75. The number of aliphatic carboxylic acids is 1. The van der Waals surface area contributed by atoms with E-state index in [1.807, 2.05) is 0 Å². The summed E-state index contributed by atoms with van der Waals surface area (Å²) in [4.78, 5) is 50.3. The molecule has 1 aromatic rings. The Labute approximate surface area is 153 Å². The highest BCUT2D eigenvalue weighted by Crippen LogP contribution is 2.28. The van der Waals surface area contributed by atoms with Crippen molar-refractivity contribution in [1.29, 1.82) is 0 Å². The minimum atomic E-state index is -2.26. The quantitative estimate of drug-likeness (QED) is 0.576. The van der Waals surface area contributed by atoms with Crippen LogP contribution in [-0.4, -0.2) is 34.1 Å². The summed E-state index contributed by atoms with van der Waals surface area (Å²) in [6.07, 6.45) is 3.89. The van der Waals surface area contributed by atoms with E-state index in [9.17, 15) is 24.3 Å². The van der Waals surface area contributed by atoms with Crippen molar-refractivity contribution in [2.75, 3.05) is 0 Å². The second-order valence-electron chi connectivity index (χ2n) is 7.12. The van der Waals surface area contributed by atoms with Gasteiger partial charge in [0.15, 0.2) is 0 Å². The summed E-state index contributed by atoms with van der Waals surface area (Å²) in [5, 5.41) is 12.2. The second-order valence-corrected chi connectivity index (χ2v) is 7.12. The van der Waals surface area contributed by atoms with Crippen LogP contribution < -0.4 is 5.32 Å². The number of benzene rings is 1. The van der Waals surface area contributed by atoms with E-state index in [1.54, 1.807) is 18.2 Å². The van der Waals surface area contributed by atoms with E-state index in [4.69, 9.17) is 0 Å². The Balaban J connectivity index is 2.35. The molecule has 0 radical (unpaired) electrons. The van der Waals surface area contributed by atoms with Crippen LogP contribution >= 0.6 is 0 Å². The van der Waals surface area contributed by atoms with Gasteiger partial charge in [-0.1, -0.05) is 51.3 Å². The number of ketones is 2. The summed E-state index contributed by atoms with van der Waals surface area (Å²) in [6, 6.07) is 8.05. The van der Waals surface area contributed by atoms with E-state index >= 15 is 0 Å². The van der Waals surface area contributed by atoms with Gasteiger partial charge in [-0.05, 0) is 30.9 Å². The van der Waals surface area contributed by atoms with Crippen LogP contribution in [0, 0.1) is 11.8 Å². The summed E-state index contributed by atoms with van der Waals surface area (Å²) in [7, 11) is 0. The zero-order valence-electron chi connectivity index (χ0n) is 15.2. The second kappa shape index (κ2) is 8.25. The van der Waals surface area contributed by atoms with Gasteiger partial charge in [0.25, 0.3) is 5.91 Å². The fourth-order valence-electron chi connectivity index (χ4n) is 3.45. The van der Waals surface area contributed by atoms with Gasteiger partial charge in [-0.3, -0.25) is 14.4 Å². The number of carbonyl (C=O) groups excluding carboxylic acids is 3. The Morgan fingerprint density at radius 1 is 1.04 bits per heavy atom. The Bertz CT molecular complexity index is 691. The molecule has 26 heavy (non-hydrogen) atoms. The van der Waals surface area contributed by atoms with Crippen LogP contribution in [0.5, 0.6) is 0 Å². The van der Waals surface area contributed by atoms with Crippen LogP contribution in [0.15, 0.2) is 30.3 Å². The first-order valence-electron chi connectivity index (χ1n) is 9.00. The zero-order chi connectivity index (χ0) is 19.3. The van der Waals surface area contributed by atoms with Gasteiger partial charge in [-0.15, -0.1) is 0 Å². The molecule has 0 bridgehead atoms. The molecule has 0 aliphatic heterocycles.